The Kier molecular flexibility index (Phi) is 6.68. The van der Waals surface area contributed by atoms with Crippen LogP contribution in [0.2, 0.25) is 0 Å². The molecule has 22 heavy (non-hydrogen) atoms. The lowest BCUT2D eigenvalue weighted by molar-refractivity contribution is 0.0507. The monoisotopic (exact) mass is 306 g/mol. The molecule has 122 valence electrons. The summed E-state index contributed by atoms with van der Waals surface area (Å²) in [7, 11) is 1.66. The van der Waals surface area contributed by atoms with Crippen molar-refractivity contribution in [1.29, 1.82) is 0 Å². The molecule has 2 N–H and O–H groups in total. The fourth-order valence-corrected chi connectivity index (χ4v) is 2.85. The van der Waals surface area contributed by atoms with E-state index in [9.17, 15) is 4.79 Å². The van der Waals surface area contributed by atoms with E-state index in [0.29, 0.717) is 19.7 Å². The van der Waals surface area contributed by atoms with Gasteiger partial charge in [0.05, 0.1) is 0 Å². The Bertz CT molecular complexity index is 444. The molecule has 1 aromatic rings. The van der Waals surface area contributed by atoms with Gasteiger partial charge in [-0.25, -0.2) is 4.79 Å². The quantitative estimate of drug-likeness (QED) is 0.758. The van der Waals surface area contributed by atoms with Crippen molar-refractivity contribution in [2.75, 3.05) is 40.0 Å². The average Bonchev–Trinajstić information content (AvgIpc) is 2.58. The Labute approximate surface area is 132 Å². The third-order valence-corrected chi connectivity index (χ3v) is 4.23. The third-order valence-electron chi connectivity index (χ3n) is 4.23. The lowest BCUT2D eigenvalue weighted by Gasteiger charge is -2.38. The molecule has 2 amide bonds. The number of amides is 2. The van der Waals surface area contributed by atoms with E-state index in [1.807, 2.05) is 6.07 Å². The molecule has 1 fully saturated rings. The third kappa shape index (κ3) is 4.71. The fraction of sp³-hybridized carbons (Fsp3) is 0.588. The van der Waals surface area contributed by atoms with E-state index in [1.165, 1.54) is 5.56 Å². The average molecular weight is 306 g/mol. The first-order valence-corrected chi connectivity index (χ1v) is 7.91. The van der Waals surface area contributed by atoms with E-state index < -0.39 is 0 Å². The van der Waals surface area contributed by atoms with Gasteiger partial charge in [0, 0.05) is 45.4 Å². The van der Waals surface area contributed by atoms with E-state index in [-0.39, 0.29) is 11.4 Å². The summed E-state index contributed by atoms with van der Waals surface area (Å²) in [4.78, 5) is 11.9. The second-order valence-corrected chi connectivity index (χ2v) is 5.71. The number of carbonyl (C=O) groups excluding carboxylic acids is 1. The number of benzene rings is 1. The number of hydrogen-bond acceptors (Lipinski definition) is 3. The molecule has 5 heteroatoms. The first-order valence-electron chi connectivity index (χ1n) is 7.91. The first-order chi connectivity index (χ1) is 10.8. The summed E-state index contributed by atoms with van der Waals surface area (Å²) in [5.41, 5.74) is 1.25. The van der Waals surface area contributed by atoms with Crippen molar-refractivity contribution in [2.45, 2.75) is 24.7 Å². The van der Waals surface area contributed by atoms with Gasteiger partial charge >= 0.3 is 6.03 Å². The van der Waals surface area contributed by atoms with Gasteiger partial charge in [0.15, 0.2) is 0 Å². The van der Waals surface area contributed by atoms with Crippen LogP contribution in [0, 0.1) is 0 Å². The normalized spacial score (nSPS) is 17.0. The Morgan fingerprint density at radius 3 is 2.64 bits per heavy atom. The summed E-state index contributed by atoms with van der Waals surface area (Å²) in [6.45, 7) is 3.40. The molecule has 0 unspecified atom stereocenters. The number of rotatable bonds is 7. The molecule has 1 heterocycles. The van der Waals surface area contributed by atoms with Crippen LogP contribution in [0.3, 0.4) is 0 Å². The topological polar surface area (TPSA) is 59.6 Å². The second-order valence-electron chi connectivity index (χ2n) is 5.71. The zero-order valence-electron chi connectivity index (χ0n) is 13.3. The largest absolute Gasteiger partial charge is 0.385 e. The number of methoxy groups -OCH3 is 1. The molecule has 2 rings (SSSR count). The van der Waals surface area contributed by atoms with E-state index >= 15 is 0 Å². The Hall–Kier alpha value is -1.59. The predicted molar refractivity (Wildman–Crippen MR) is 86.1 cm³/mol. The number of urea groups is 1. The predicted octanol–water partition coefficient (Wildman–Crippen LogP) is 2.07. The van der Waals surface area contributed by atoms with Crippen molar-refractivity contribution < 1.29 is 14.3 Å². The maximum atomic E-state index is 11.9. The van der Waals surface area contributed by atoms with Crippen molar-refractivity contribution in [3.63, 3.8) is 0 Å². The highest BCUT2D eigenvalue weighted by molar-refractivity contribution is 5.73. The molecular weight excluding hydrogens is 280 g/mol. The molecular formula is C17H26N2O3. The van der Waals surface area contributed by atoms with Gasteiger partial charge in [0.25, 0.3) is 0 Å². The van der Waals surface area contributed by atoms with E-state index in [0.717, 1.165) is 32.5 Å². The summed E-state index contributed by atoms with van der Waals surface area (Å²) < 4.78 is 10.5. The fourth-order valence-electron chi connectivity index (χ4n) is 2.85. The van der Waals surface area contributed by atoms with Crippen molar-refractivity contribution in [3.8, 4) is 0 Å². The Morgan fingerprint density at radius 2 is 1.95 bits per heavy atom. The summed E-state index contributed by atoms with van der Waals surface area (Å²) >= 11 is 0. The van der Waals surface area contributed by atoms with Crippen molar-refractivity contribution in [3.05, 3.63) is 35.9 Å². The minimum atomic E-state index is -0.113. The number of carbonyl (C=O) groups is 1. The summed E-state index contributed by atoms with van der Waals surface area (Å²) in [5.74, 6) is 0. The van der Waals surface area contributed by atoms with Crippen LogP contribution < -0.4 is 10.6 Å². The van der Waals surface area contributed by atoms with Crippen molar-refractivity contribution in [1.82, 2.24) is 10.6 Å². The van der Waals surface area contributed by atoms with Crippen LogP contribution in [-0.4, -0.2) is 46.1 Å². The Balaban J connectivity index is 1.89. The molecule has 1 saturated heterocycles. The molecule has 0 aromatic heterocycles. The second kappa shape index (κ2) is 8.76. The molecule has 0 spiro atoms. The molecule has 1 aliphatic heterocycles. The van der Waals surface area contributed by atoms with Crippen LogP contribution >= 0.6 is 0 Å². The van der Waals surface area contributed by atoms with Gasteiger partial charge < -0.3 is 20.1 Å². The van der Waals surface area contributed by atoms with Gasteiger partial charge in [0.1, 0.15) is 0 Å². The SMILES string of the molecule is COCCCNC(=O)NCC1(c2ccccc2)CCOCC1. The van der Waals surface area contributed by atoms with Gasteiger partial charge in [-0.3, -0.25) is 0 Å². The highest BCUT2D eigenvalue weighted by Gasteiger charge is 2.34. The Morgan fingerprint density at radius 1 is 1.23 bits per heavy atom. The smallest absolute Gasteiger partial charge is 0.314 e. The minimum absolute atomic E-state index is 0.0244. The highest BCUT2D eigenvalue weighted by atomic mass is 16.5. The van der Waals surface area contributed by atoms with E-state index in [1.54, 1.807) is 7.11 Å². The molecule has 0 saturated carbocycles. The molecule has 0 atom stereocenters. The molecule has 0 bridgehead atoms. The van der Waals surface area contributed by atoms with Gasteiger partial charge in [-0.1, -0.05) is 30.3 Å². The summed E-state index contributed by atoms with van der Waals surface area (Å²) in [6.07, 6.45) is 2.68. The zero-order chi connectivity index (χ0) is 15.7. The lowest BCUT2D eigenvalue weighted by atomic mass is 9.74. The van der Waals surface area contributed by atoms with Gasteiger partial charge in [-0.15, -0.1) is 0 Å². The molecule has 1 aliphatic rings. The summed E-state index contributed by atoms with van der Waals surface area (Å²) in [6, 6.07) is 10.3. The summed E-state index contributed by atoms with van der Waals surface area (Å²) in [5, 5.41) is 5.89. The standard InChI is InChI=1S/C17H26N2O3/c1-21-11-5-10-18-16(20)19-14-17(8-12-22-13-9-17)15-6-3-2-4-7-15/h2-4,6-7H,5,8-14H2,1H3,(H2,18,19,20). The number of hydrogen-bond donors (Lipinski definition) is 2. The van der Waals surface area contributed by atoms with Crippen molar-refractivity contribution >= 4 is 6.03 Å². The van der Waals surface area contributed by atoms with E-state index in [2.05, 4.69) is 34.9 Å². The van der Waals surface area contributed by atoms with Gasteiger partial charge in [-0.2, -0.15) is 0 Å². The number of nitrogens with one attached hydrogen (secondary N) is 2. The minimum Gasteiger partial charge on any atom is -0.385 e. The van der Waals surface area contributed by atoms with Crippen LogP contribution in [0.1, 0.15) is 24.8 Å². The maximum Gasteiger partial charge on any atom is 0.314 e. The van der Waals surface area contributed by atoms with E-state index in [4.69, 9.17) is 9.47 Å². The van der Waals surface area contributed by atoms with Crippen LogP contribution in [0.25, 0.3) is 0 Å². The van der Waals surface area contributed by atoms with Crippen LogP contribution in [0.5, 0.6) is 0 Å². The lowest BCUT2D eigenvalue weighted by Crippen LogP contribution is -2.47. The molecule has 5 nitrogen and oxygen atoms in total. The van der Waals surface area contributed by atoms with Gasteiger partial charge in [-0.05, 0) is 24.8 Å². The maximum absolute atomic E-state index is 11.9. The van der Waals surface area contributed by atoms with Crippen LogP contribution in [0.15, 0.2) is 30.3 Å². The molecule has 1 aromatic carbocycles. The molecule has 0 radical (unpaired) electrons. The first kappa shape index (κ1) is 16.8. The van der Waals surface area contributed by atoms with Crippen molar-refractivity contribution in [2.24, 2.45) is 0 Å². The van der Waals surface area contributed by atoms with Crippen LogP contribution in [0.4, 0.5) is 4.79 Å². The number of ether oxygens (including phenoxy) is 2. The van der Waals surface area contributed by atoms with Crippen LogP contribution in [-0.2, 0) is 14.9 Å². The van der Waals surface area contributed by atoms with Gasteiger partial charge in [0.2, 0.25) is 0 Å². The molecule has 0 aliphatic carbocycles. The zero-order valence-corrected chi connectivity index (χ0v) is 13.3. The highest BCUT2D eigenvalue weighted by Crippen LogP contribution is 2.34.